The zero-order valence-corrected chi connectivity index (χ0v) is 12.4. The van der Waals surface area contributed by atoms with Gasteiger partial charge in [0, 0.05) is 31.6 Å². The van der Waals surface area contributed by atoms with Gasteiger partial charge >= 0.3 is 0 Å². The van der Waals surface area contributed by atoms with E-state index in [1.165, 1.54) is 5.56 Å². The van der Waals surface area contributed by atoms with Crippen LogP contribution in [0.4, 0.5) is 0 Å². The highest BCUT2D eigenvalue weighted by atomic mass is 35.5. The molecule has 4 heteroatoms. The van der Waals surface area contributed by atoms with Crippen LogP contribution in [0.3, 0.4) is 0 Å². The molecule has 0 bridgehead atoms. The molecule has 1 aromatic rings. The van der Waals surface area contributed by atoms with Crippen molar-refractivity contribution in [2.24, 2.45) is 0 Å². The second-order valence-corrected chi connectivity index (χ2v) is 4.95. The number of hydrogen-bond donors (Lipinski definition) is 0. The number of halogens is 1. The SMILES string of the molecule is Cc1ccc(C(=O)CCN2CCOCC2)c(C)c1.[Cl-]. The summed E-state index contributed by atoms with van der Waals surface area (Å²) in [5.41, 5.74) is 3.16. The molecule has 1 aliphatic heterocycles. The maximum Gasteiger partial charge on any atom is 0.164 e. The molecule has 0 unspecified atom stereocenters. The first-order chi connectivity index (χ1) is 8.66. The van der Waals surface area contributed by atoms with Gasteiger partial charge < -0.3 is 17.1 Å². The fourth-order valence-electron chi connectivity index (χ4n) is 2.35. The molecule has 0 aromatic heterocycles. The Morgan fingerprint density at radius 3 is 2.58 bits per heavy atom. The molecule has 0 radical (unpaired) electrons. The average molecular weight is 283 g/mol. The standard InChI is InChI=1S/C15H21NO2.ClH/c1-12-3-4-14(13(2)11-12)15(17)5-6-16-7-9-18-10-8-16;/h3-4,11H,5-10H2,1-2H3;1H/p-1. The fourth-order valence-corrected chi connectivity index (χ4v) is 2.35. The van der Waals surface area contributed by atoms with Gasteiger partial charge in [0.2, 0.25) is 0 Å². The molecule has 0 saturated carbocycles. The summed E-state index contributed by atoms with van der Waals surface area (Å²) >= 11 is 0. The molecule has 3 nitrogen and oxygen atoms in total. The van der Waals surface area contributed by atoms with Crippen LogP contribution in [0.5, 0.6) is 0 Å². The first-order valence-corrected chi connectivity index (χ1v) is 6.57. The van der Waals surface area contributed by atoms with Gasteiger partial charge in [-0.3, -0.25) is 9.69 Å². The highest BCUT2D eigenvalue weighted by Gasteiger charge is 2.14. The van der Waals surface area contributed by atoms with Crippen molar-refractivity contribution in [1.82, 2.24) is 4.90 Å². The summed E-state index contributed by atoms with van der Waals surface area (Å²) in [5, 5.41) is 0. The number of hydrogen-bond acceptors (Lipinski definition) is 3. The van der Waals surface area contributed by atoms with Crippen LogP contribution in [0.25, 0.3) is 0 Å². The van der Waals surface area contributed by atoms with Crippen LogP contribution < -0.4 is 12.4 Å². The third-order valence-electron chi connectivity index (χ3n) is 3.44. The van der Waals surface area contributed by atoms with Crippen LogP contribution >= 0.6 is 0 Å². The van der Waals surface area contributed by atoms with E-state index in [4.69, 9.17) is 4.74 Å². The molecule has 0 aliphatic carbocycles. The summed E-state index contributed by atoms with van der Waals surface area (Å²) in [7, 11) is 0. The maximum atomic E-state index is 12.2. The van der Waals surface area contributed by atoms with E-state index in [1.807, 2.05) is 19.1 Å². The van der Waals surface area contributed by atoms with Crippen molar-refractivity contribution in [3.63, 3.8) is 0 Å². The molecule has 1 heterocycles. The summed E-state index contributed by atoms with van der Waals surface area (Å²) in [5.74, 6) is 0.249. The molecule has 0 amide bonds. The van der Waals surface area contributed by atoms with Gasteiger partial charge in [-0.1, -0.05) is 23.8 Å². The molecule has 1 saturated heterocycles. The number of carbonyl (C=O) groups is 1. The molecule has 0 N–H and O–H groups in total. The lowest BCUT2D eigenvalue weighted by molar-refractivity contribution is -0.0000126. The van der Waals surface area contributed by atoms with Crippen molar-refractivity contribution >= 4 is 5.78 Å². The summed E-state index contributed by atoms with van der Waals surface area (Å²) in [6, 6.07) is 6.03. The molecule has 0 atom stereocenters. The smallest absolute Gasteiger partial charge is 0.164 e. The van der Waals surface area contributed by atoms with Gasteiger partial charge in [-0.05, 0) is 19.4 Å². The highest BCUT2D eigenvalue weighted by Crippen LogP contribution is 2.13. The molecule has 106 valence electrons. The third kappa shape index (κ3) is 4.60. The lowest BCUT2D eigenvalue weighted by atomic mass is 10.0. The Hall–Kier alpha value is -0.900. The van der Waals surface area contributed by atoms with Crippen LogP contribution in [0, 0.1) is 13.8 Å². The van der Waals surface area contributed by atoms with E-state index < -0.39 is 0 Å². The second-order valence-electron chi connectivity index (χ2n) is 4.95. The van der Waals surface area contributed by atoms with Crippen molar-refractivity contribution in [3.05, 3.63) is 34.9 Å². The highest BCUT2D eigenvalue weighted by molar-refractivity contribution is 5.97. The number of rotatable bonds is 4. The molecular weight excluding hydrogens is 262 g/mol. The van der Waals surface area contributed by atoms with E-state index in [0.717, 1.165) is 44.0 Å². The Bertz CT molecular complexity index is 428. The number of ketones is 1. The van der Waals surface area contributed by atoms with Crippen molar-refractivity contribution in [1.29, 1.82) is 0 Å². The number of ether oxygens (including phenoxy) is 1. The third-order valence-corrected chi connectivity index (χ3v) is 3.44. The Morgan fingerprint density at radius 1 is 1.26 bits per heavy atom. The summed E-state index contributed by atoms with van der Waals surface area (Å²) < 4.78 is 5.30. The first kappa shape index (κ1) is 16.2. The van der Waals surface area contributed by atoms with E-state index >= 15 is 0 Å². The van der Waals surface area contributed by atoms with Gasteiger partial charge in [0.1, 0.15) is 0 Å². The van der Waals surface area contributed by atoms with Crippen molar-refractivity contribution < 1.29 is 21.9 Å². The van der Waals surface area contributed by atoms with Crippen LogP contribution in [0.1, 0.15) is 27.9 Å². The van der Waals surface area contributed by atoms with Gasteiger partial charge in [0.25, 0.3) is 0 Å². The quantitative estimate of drug-likeness (QED) is 0.678. The largest absolute Gasteiger partial charge is 1.00 e. The monoisotopic (exact) mass is 282 g/mol. The lowest BCUT2D eigenvalue weighted by Crippen LogP contribution is -3.00. The Balaban J connectivity index is 0.00000180. The van der Waals surface area contributed by atoms with E-state index in [2.05, 4.69) is 17.9 Å². The minimum absolute atomic E-state index is 0. The number of benzene rings is 1. The molecule has 1 aromatic carbocycles. The predicted octanol–water partition coefficient (Wildman–Crippen LogP) is -0.788. The zero-order valence-electron chi connectivity index (χ0n) is 11.6. The van der Waals surface area contributed by atoms with Crippen molar-refractivity contribution in [3.8, 4) is 0 Å². The van der Waals surface area contributed by atoms with Crippen LogP contribution in [0.15, 0.2) is 18.2 Å². The lowest BCUT2D eigenvalue weighted by Gasteiger charge is -2.26. The number of nitrogens with zero attached hydrogens (tertiary/aromatic N) is 1. The number of morpholine rings is 1. The van der Waals surface area contributed by atoms with E-state index in [0.29, 0.717) is 6.42 Å². The molecule has 2 rings (SSSR count). The average Bonchev–Trinajstić information content (AvgIpc) is 2.37. The molecule has 0 spiro atoms. The summed E-state index contributed by atoms with van der Waals surface area (Å²) in [4.78, 5) is 14.5. The Labute approximate surface area is 121 Å². The number of aryl methyl sites for hydroxylation is 2. The minimum Gasteiger partial charge on any atom is -1.00 e. The zero-order chi connectivity index (χ0) is 13.0. The molecular formula is C15H21ClNO2-. The summed E-state index contributed by atoms with van der Waals surface area (Å²) in [6.07, 6.45) is 0.601. The van der Waals surface area contributed by atoms with Gasteiger partial charge in [-0.15, -0.1) is 0 Å². The topological polar surface area (TPSA) is 29.5 Å². The first-order valence-electron chi connectivity index (χ1n) is 6.57. The van der Waals surface area contributed by atoms with E-state index in [9.17, 15) is 4.79 Å². The van der Waals surface area contributed by atoms with Crippen LogP contribution in [-0.4, -0.2) is 43.5 Å². The van der Waals surface area contributed by atoms with Crippen molar-refractivity contribution in [2.45, 2.75) is 20.3 Å². The van der Waals surface area contributed by atoms with Crippen LogP contribution in [-0.2, 0) is 4.74 Å². The van der Waals surface area contributed by atoms with Gasteiger partial charge in [-0.25, -0.2) is 0 Å². The molecule has 19 heavy (non-hydrogen) atoms. The fraction of sp³-hybridized carbons (Fsp3) is 0.533. The Kier molecular flexibility index (Phi) is 6.49. The number of carbonyl (C=O) groups excluding carboxylic acids is 1. The predicted molar refractivity (Wildman–Crippen MR) is 72.1 cm³/mol. The Morgan fingerprint density at radius 2 is 1.95 bits per heavy atom. The minimum atomic E-state index is 0. The van der Waals surface area contributed by atoms with E-state index in [1.54, 1.807) is 0 Å². The maximum absolute atomic E-state index is 12.2. The van der Waals surface area contributed by atoms with Gasteiger partial charge in [-0.2, -0.15) is 0 Å². The van der Waals surface area contributed by atoms with Crippen LogP contribution in [0.2, 0.25) is 0 Å². The normalized spacial score (nSPS) is 15.9. The molecule has 1 aliphatic rings. The number of Topliss-reactive ketones (excluding diaryl/α,β-unsaturated/α-hetero) is 1. The van der Waals surface area contributed by atoms with Crippen molar-refractivity contribution in [2.75, 3.05) is 32.8 Å². The molecule has 1 fully saturated rings. The van der Waals surface area contributed by atoms with E-state index in [-0.39, 0.29) is 18.2 Å². The second kappa shape index (κ2) is 7.63. The summed E-state index contributed by atoms with van der Waals surface area (Å²) in [6.45, 7) is 8.37. The van der Waals surface area contributed by atoms with Gasteiger partial charge in [0.15, 0.2) is 5.78 Å². The van der Waals surface area contributed by atoms with Gasteiger partial charge in [0.05, 0.1) is 13.2 Å².